The summed E-state index contributed by atoms with van der Waals surface area (Å²) in [7, 11) is 0. The maximum atomic E-state index is 12.1. The Morgan fingerprint density at radius 1 is 1.53 bits per heavy atom. The van der Waals surface area contributed by atoms with E-state index in [1.165, 1.54) is 4.90 Å². The average molecular weight is 267 g/mol. The molecule has 7 heteroatoms. The van der Waals surface area contributed by atoms with Gasteiger partial charge in [-0.05, 0) is 26.3 Å². The Balaban J connectivity index is 2.22. The van der Waals surface area contributed by atoms with E-state index in [2.05, 4.69) is 10.2 Å². The molecule has 0 bridgehead atoms. The first-order valence-corrected chi connectivity index (χ1v) is 6.01. The number of carbonyl (C=O) groups is 2. The molecule has 1 unspecified atom stereocenters. The number of ether oxygens (including phenoxy) is 1. The number of aromatic nitrogens is 2. The highest BCUT2D eigenvalue weighted by Gasteiger charge is 2.37. The predicted octanol–water partition coefficient (Wildman–Crippen LogP) is 1.16. The molecule has 0 saturated carbocycles. The fourth-order valence-electron chi connectivity index (χ4n) is 1.98. The molecule has 2 heterocycles. The van der Waals surface area contributed by atoms with Crippen LogP contribution < -0.4 is 0 Å². The van der Waals surface area contributed by atoms with Crippen molar-refractivity contribution in [3.05, 3.63) is 17.5 Å². The number of hydrogen-bond acceptors (Lipinski definition) is 4. The van der Waals surface area contributed by atoms with Crippen LogP contribution in [0, 0.1) is 0 Å². The second kappa shape index (κ2) is 4.56. The van der Waals surface area contributed by atoms with Gasteiger partial charge in [0.15, 0.2) is 0 Å². The zero-order chi connectivity index (χ0) is 14.2. The van der Waals surface area contributed by atoms with Gasteiger partial charge in [-0.15, -0.1) is 0 Å². The lowest BCUT2D eigenvalue weighted by Gasteiger charge is -2.34. The fraction of sp³-hybridized carbons (Fsp3) is 0.583. The highest BCUT2D eigenvalue weighted by atomic mass is 16.6. The molecular weight excluding hydrogens is 250 g/mol. The van der Waals surface area contributed by atoms with E-state index in [0.717, 1.165) is 11.3 Å². The third-order valence-corrected chi connectivity index (χ3v) is 2.84. The van der Waals surface area contributed by atoms with Crippen molar-refractivity contribution in [2.24, 2.45) is 0 Å². The lowest BCUT2D eigenvalue weighted by Crippen LogP contribution is -2.50. The van der Waals surface area contributed by atoms with Crippen LogP contribution in [0.4, 0.5) is 4.79 Å². The number of nitrogens with one attached hydrogen (secondary N) is 1. The van der Waals surface area contributed by atoms with Crippen LogP contribution in [0.1, 0.15) is 32.0 Å². The molecule has 0 aromatic carbocycles. The number of aliphatic carboxylic acids is 1. The van der Waals surface area contributed by atoms with Crippen LogP contribution in [0.25, 0.3) is 0 Å². The van der Waals surface area contributed by atoms with Crippen LogP contribution in [0.2, 0.25) is 0 Å². The number of carboxylic acids is 1. The summed E-state index contributed by atoms with van der Waals surface area (Å²) in [5.74, 6) is -1.04. The maximum Gasteiger partial charge on any atom is 0.411 e. The van der Waals surface area contributed by atoms with Crippen LogP contribution >= 0.6 is 0 Å². The first kappa shape index (κ1) is 13.4. The Morgan fingerprint density at radius 2 is 2.21 bits per heavy atom. The second-order valence-corrected chi connectivity index (χ2v) is 5.54. The Bertz CT molecular complexity index is 503. The summed E-state index contributed by atoms with van der Waals surface area (Å²) in [4.78, 5) is 24.6. The maximum absolute atomic E-state index is 12.1. The molecule has 1 aliphatic heterocycles. The molecule has 1 aromatic rings. The van der Waals surface area contributed by atoms with Gasteiger partial charge < -0.3 is 9.84 Å². The standard InChI is InChI=1S/C12H17N3O4/c1-12(2,3)19-11(18)15-6-8-7(5-13-14-8)4-9(15)10(16)17/h5,9H,4,6H2,1-3H3,(H,13,14)(H,16,17). The Hall–Kier alpha value is -2.05. The summed E-state index contributed by atoms with van der Waals surface area (Å²) < 4.78 is 5.24. The fourth-order valence-corrected chi connectivity index (χ4v) is 1.98. The lowest BCUT2D eigenvalue weighted by molar-refractivity contribution is -0.143. The van der Waals surface area contributed by atoms with Gasteiger partial charge in [0.05, 0.1) is 18.4 Å². The number of amides is 1. The van der Waals surface area contributed by atoms with E-state index in [4.69, 9.17) is 4.74 Å². The minimum Gasteiger partial charge on any atom is -0.480 e. The number of carboxylic acid groups (broad SMARTS) is 1. The molecule has 1 aliphatic rings. The summed E-state index contributed by atoms with van der Waals surface area (Å²) >= 11 is 0. The molecule has 1 amide bonds. The third kappa shape index (κ3) is 2.86. The molecule has 19 heavy (non-hydrogen) atoms. The van der Waals surface area contributed by atoms with E-state index in [1.54, 1.807) is 27.0 Å². The van der Waals surface area contributed by atoms with Gasteiger partial charge in [-0.2, -0.15) is 5.10 Å². The van der Waals surface area contributed by atoms with Gasteiger partial charge >= 0.3 is 12.1 Å². The molecule has 2 rings (SSSR count). The summed E-state index contributed by atoms with van der Waals surface area (Å²) in [5.41, 5.74) is 0.921. The van der Waals surface area contributed by atoms with Crippen LogP contribution in [-0.2, 0) is 22.5 Å². The molecule has 104 valence electrons. The van der Waals surface area contributed by atoms with Crippen molar-refractivity contribution in [1.29, 1.82) is 0 Å². The highest BCUT2D eigenvalue weighted by Crippen LogP contribution is 2.23. The van der Waals surface area contributed by atoms with Gasteiger partial charge in [0.2, 0.25) is 0 Å². The van der Waals surface area contributed by atoms with Gasteiger partial charge in [0.25, 0.3) is 0 Å². The van der Waals surface area contributed by atoms with E-state index in [0.29, 0.717) is 0 Å². The number of carbonyl (C=O) groups excluding carboxylic acids is 1. The number of fused-ring (bicyclic) bond motifs is 1. The molecule has 0 spiro atoms. The van der Waals surface area contributed by atoms with Crippen molar-refractivity contribution >= 4 is 12.1 Å². The second-order valence-electron chi connectivity index (χ2n) is 5.54. The Morgan fingerprint density at radius 3 is 2.79 bits per heavy atom. The average Bonchev–Trinajstić information content (AvgIpc) is 2.71. The molecule has 7 nitrogen and oxygen atoms in total. The molecule has 2 N–H and O–H groups in total. The largest absolute Gasteiger partial charge is 0.480 e. The third-order valence-electron chi connectivity index (χ3n) is 2.84. The van der Waals surface area contributed by atoms with E-state index in [9.17, 15) is 14.7 Å². The van der Waals surface area contributed by atoms with Gasteiger partial charge in [-0.25, -0.2) is 9.59 Å². The predicted molar refractivity (Wildman–Crippen MR) is 65.5 cm³/mol. The number of H-pyrrole nitrogens is 1. The zero-order valence-corrected chi connectivity index (χ0v) is 11.1. The molecule has 1 aromatic heterocycles. The Kier molecular flexibility index (Phi) is 3.21. The van der Waals surface area contributed by atoms with Gasteiger partial charge in [0.1, 0.15) is 11.6 Å². The summed E-state index contributed by atoms with van der Waals surface area (Å²) in [6, 6.07) is -0.917. The van der Waals surface area contributed by atoms with Gasteiger partial charge in [0, 0.05) is 6.42 Å². The topological polar surface area (TPSA) is 95.5 Å². The lowest BCUT2D eigenvalue weighted by atomic mass is 10.0. The number of hydrogen-bond donors (Lipinski definition) is 2. The van der Waals surface area contributed by atoms with Crippen molar-refractivity contribution < 1.29 is 19.4 Å². The Labute approximate surface area is 110 Å². The molecule has 1 atom stereocenters. The minimum atomic E-state index is -1.04. The first-order valence-electron chi connectivity index (χ1n) is 6.01. The van der Waals surface area contributed by atoms with Gasteiger partial charge in [-0.1, -0.05) is 0 Å². The van der Waals surface area contributed by atoms with E-state index in [1.807, 2.05) is 0 Å². The van der Waals surface area contributed by atoms with E-state index in [-0.39, 0.29) is 13.0 Å². The number of rotatable bonds is 1. The van der Waals surface area contributed by atoms with E-state index >= 15 is 0 Å². The smallest absolute Gasteiger partial charge is 0.411 e. The van der Waals surface area contributed by atoms with Crippen molar-refractivity contribution in [2.45, 2.75) is 45.4 Å². The van der Waals surface area contributed by atoms with E-state index < -0.39 is 23.7 Å². The minimum absolute atomic E-state index is 0.168. The van der Waals surface area contributed by atoms with Crippen LogP contribution in [0.15, 0.2) is 6.20 Å². The van der Waals surface area contributed by atoms with Crippen LogP contribution in [-0.4, -0.2) is 43.9 Å². The molecule has 0 radical (unpaired) electrons. The molecule has 0 saturated heterocycles. The summed E-state index contributed by atoms with van der Waals surface area (Å²) in [6.07, 6.45) is 1.21. The van der Waals surface area contributed by atoms with Crippen molar-refractivity contribution in [1.82, 2.24) is 15.1 Å². The highest BCUT2D eigenvalue weighted by molar-refractivity contribution is 5.81. The van der Waals surface area contributed by atoms with Gasteiger partial charge in [-0.3, -0.25) is 10.00 Å². The van der Waals surface area contributed by atoms with Crippen molar-refractivity contribution in [2.75, 3.05) is 0 Å². The number of nitrogens with zero attached hydrogens (tertiary/aromatic N) is 2. The summed E-state index contributed by atoms with van der Waals surface area (Å²) in [5, 5.41) is 15.9. The summed E-state index contributed by atoms with van der Waals surface area (Å²) in [6.45, 7) is 5.39. The van der Waals surface area contributed by atoms with Crippen molar-refractivity contribution in [3.63, 3.8) is 0 Å². The molecule has 0 aliphatic carbocycles. The van der Waals surface area contributed by atoms with Crippen LogP contribution in [0.3, 0.4) is 0 Å². The normalized spacial score (nSPS) is 18.9. The molecule has 0 fully saturated rings. The van der Waals surface area contributed by atoms with Crippen LogP contribution in [0.5, 0.6) is 0 Å². The van der Waals surface area contributed by atoms with Crippen molar-refractivity contribution in [3.8, 4) is 0 Å². The molecular formula is C12H17N3O4. The first-order chi connectivity index (χ1) is 8.78. The zero-order valence-electron chi connectivity index (χ0n) is 11.1. The quantitative estimate of drug-likeness (QED) is 0.796. The number of aromatic amines is 1. The monoisotopic (exact) mass is 267 g/mol. The SMILES string of the molecule is CC(C)(C)OC(=O)N1Cc2[nH]ncc2CC1C(=O)O.